The first-order chi connectivity index (χ1) is 10.1. The number of carboxylic acids is 1. The van der Waals surface area contributed by atoms with Crippen LogP contribution in [0.3, 0.4) is 0 Å². The minimum absolute atomic E-state index is 0.0224. The van der Waals surface area contributed by atoms with Gasteiger partial charge in [-0.25, -0.2) is 4.79 Å². The van der Waals surface area contributed by atoms with E-state index in [9.17, 15) is 9.59 Å². The van der Waals surface area contributed by atoms with Crippen LogP contribution in [-0.2, 0) is 9.53 Å². The normalized spacial score (nSPS) is 19.5. The van der Waals surface area contributed by atoms with Crippen molar-refractivity contribution in [3.8, 4) is 0 Å². The first kappa shape index (κ1) is 15.2. The van der Waals surface area contributed by atoms with Gasteiger partial charge >= 0.3 is 5.97 Å². The number of nitrogens with zero attached hydrogens (tertiary/aromatic N) is 2. The Balaban J connectivity index is 2.07. The number of aromatic nitrogens is 1. The van der Waals surface area contributed by atoms with Crippen molar-refractivity contribution in [3.05, 3.63) is 35.7 Å². The number of carbonyl (C=O) groups is 2. The summed E-state index contributed by atoms with van der Waals surface area (Å²) in [5.74, 6) is -1.14. The molecule has 1 aliphatic heterocycles. The Kier molecular flexibility index (Phi) is 5.05. The molecule has 21 heavy (non-hydrogen) atoms. The van der Waals surface area contributed by atoms with E-state index in [1.807, 2.05) is 6.92 Å². The van der Waals surface area contributed by atoms with Crippen molar-refractivity contribution in [2.75, 3.05) is 19.7 Å². The van der Waals surface area contributed by atoms with Crippen LogP contribution < -0.4 is 0 Å². The first-order valence-corrected chi connectivity index (χ1v) is 6.84. The van der Waals surface area contributed by atoms with Gasteiger partial charge in [-0.1, -0.05) is 6.07 Å². The minimum atomic E-state index is -1.02. The molecule has 0 radical (unpaired) electrons. The van der Waals surface area contributed by atoms with Gasteiger partial charge < -0.3 is 14.7 Å². The Morgan fingerprint density at radius 2 is 2.29 bits per heavy atom. The Morgan fingerprint density at radius 1 is 1.48 bits per heavy atom. The Bertz CT molecular complexity index is 539. The largest absolute Gasteiger partial charge is 0.478 e. The molecule has 0 aliphatic carbocycles. The van der Waals surface area contributed by atoms with Gasteiger partial charge in [0.15, 0.2) is 0 Å². The zero-order chi connectivity index (χ0) is 15.2. The molecule has 0 bridgehead atoms. The van der Waals surface area contributed by atoms with Gasteiger partial charge in [0.25, 0.3) is 5.91 Å². The maximum Gasteiger partial charge on any atom is 0.328 e. The fourth-order valence-electron chi connectivity index (χ4n) is 2.14. The summed E-state index contributed by atoms with van der Waals surface area (Å²) in [6.07, 6.45) is 4.80. The second-order valence-corrected chi connectivity index (χ2v) is 4.93. The lowest BCUT2D eigenvalue weighted by atomic mass is 10.2. The van der Waals surface area contributed by atoms with Gasteiger partial charge in [0.05, 0.1) is 6.10 Å². The van der Waals surface area contributed by atoms with Crippen LogP contribution in [0.4, 0.5) is 0 Å². The molecule has 1 N–H and O–H groups in total. The molecule has 0 saturated carbocycles. The number of rotatable bonds is 3. The van der Waals surface area contributed by atoms with Crippen LogP contribution in [0, 0.1) is 0 Å². The average Bonchev–Trinajstić information content (AvgIpc) is 2.69. The molecular formula is C15H18N2O4. The zero-order valence-corrected chi connectivity index (χ0v) is 11.9. The summed E-state index contributed by atoms with van der Waals surface area (Å²) in [5.41, 5.74) is 0.998. The lowest BCUT2D eigenvalue weighted by Gasteiger charge is -2.21. The summed E-state index contributed by atoms with van der Waals surface area (Å²) in [7, 11) is 0. The SMILES string of the molecule is CC1CN(C(=O)c2ccc(C=CC(=O)O)cn2)CCCO1. The molecule has 1 aromatic heterocycles. The Morgan fingerprint density at radius 3 is 2.95 bits per heavy atom. The molecule has 6 nitrogen and oxygen atoms in total. The molecule has 1 saturated heterocycles. The highest BCUT2D eigenvalue weighted by atomic mass is 16.5. The topological polar surface area (TPSA) is 79.7 Å². The highest BCUT2D eigenvalue weighted by Crippen LogP contribution is 2.10. The second-order valence-electron chi connectivity index (χ2n) is 4.93. The number of carbonyl (C=O) groups excluding carboxylic acids is 1. The predicted molar refractivity (Wildman–Crippen MR) is 76.8 cm³/mol. The van der Waals surface area contributed by atoms with Crippen LogP contribution in [0.25, 0.3) is 6.08 Å². The van der Waals surface area contributed by atoms with Crippen molar-refractivity contribution in [3.63, 3.8) is 0 Å². The van der Waals surface area contributed by atoms with Crippen molar-refractivity contribution in [1.29, 1.82) is 0 Å². The monoisotopic (exact) mass is 290 g/mol. The lowest BCUT2D eigenvalue weighted by Crippen LogP contribution is -2.36. The summed E-state index contributed by atoms with van der Waals surface area (Å²) >= 11 is 0. The molecule has 6 heteroatoms. The number of hydrogen-bond acceptors (Lipinski definition) is 4. The minimum Gasteiger partial charge on any atom is -0.478 e. The molecular weight excluding hydrogens is 272 g/mol. The van der Waals surface area contributed by atoms with Crippen molar-refractivity contribution in [2.24, 2.45) is 0 Å². The third kappa shape index (κ3) is 4.39. The van der Waals surface area contributed by atoms with Crippen LogP contribution in [0.15, 0.2) is 24.4 Å². The molecule has 0 aromatic carbocycles. The molecule has 2 rings (SSSR count). The lowest BCUT2D eigenvalue weighted by molar-refractivity contribution is -0.131. The van der Waals surface area contributed by atoms with Crippen molar-refractivity contribution < 1.29 is 19.4 Å². The Hall–Kier alpha value is -2.21. The molecule has 1 aromatic rings. The van der Waals surface area contributed by atoms with E-state index in [4.69, 9.17) is 9.84 Å². The molecule has 1 amide bonds. The van der Waals surface area contributed by atoms with E-state index < -0.39 is 5.97 Å². The number of aliphatic carboxylic acids is 1. The molecule has 1 fully saturated rings. The van der Waals surface area contributed by atoms with E-state index in [2.05, 4.69) is 4.98 Å². The van der Waals surface area contributed by atoms with Crippen molar-refractivity contribution in [1.82, 2.24) is 9.88 Å². The number of hydrogen-bond donors (Lipinski definition) is 1. The van der Waals surface area contributed by atoms with Gasteiger partial charge in [0, 0.05) is 32.0 Å². The summed E-state index contributed by atoms with van der Waals surface area (Å²) in [5, 5.41) is 8.56. The van der Waals surface area contributed by atoms with Crippen molar-refractivity contribution >= 4 is 18.0 Å². The van der Waals surface area contributed by atoms with E-state index in [1.54, 1.807) is 17.0 Å². The van der Waals surface area contributed by atoms with E-state index in [1.165, 1.54) is 12.3 Å². The quantitative estimate of drug-likeness (QED) is 0.852. The second kappa shape index (κ2) is 6.99. The molecule has 1 unspecified atom stereocenters. The fraction of sp³-hybridized carbons (Fsp3) is 0.400. The summed E-state index contributed by atoms with van der Waals surface area (Å²) in [6.45, 7) is 3.82. The van der Waals surface area contributed by atoms with Crippen molar-refractivity contribution in [2.45, 2.75) is 19.4 Å². The summed E-state index contributed by atoms with van der Waals surface area (Å²) < 4.78 is 5.51. The van der Waals surface area contributed by atoms with Gasteiger partial charge in [0.1, 0.15) is 5.69 Å². The maximum atomic E-state index is 12.4. The molecule has 1 atom stereocenters. The van der Waals surface area contributed by atoms with Gasteiger partial charge in [0.2, 0.25) is 0 Å². The molecule has 0 spiro atoms. The Labute approximate surface area is 123 Å². The standard InChI is InChI=1S/C15H18N2O4/c1-11-10-17(7-2-8-21-11)15(20)13-5-3-12(9-16-13)4-6-14(18)19/h3-6,9,11H,2,7-8,10H2,1H3,(H,18,19). The van der Waals surface area contributed by atoms with E-state index in [-0.39, 0.29) is 12.0 Å². The van der Waals surface area contributed by atoms with Crippen LogP contribution >= 0.6 is 0 Å². The van der Waals surface area contributed by atoms with Crippen LogP contribution in [-0.4, -0.2) is 52.7 Å². The fourth-order valence-corrected chi connectivity index (χ4v) is 2.14. The molecule has 1 aliphatic rings. The molecule has 112 valence electrons. The summed E-state index contributed by atoms with van der Waals surface area (Å²) in [6, 6.07) is 3.29. The third-order valence-corrected chi connectivity index (χ3v) is 3.16. The number of pyridine rings is 1. The average molecular weight is 290 g/mol. The number of amides is 1. The van der Waals surface area contributed by atoms with Crippen LogP contribution in [0.2, 0.25) is 0 Å². The molecule has 2 heterocycles. The smallest absolute Gasteiger partial charge is 0.328 e. The number of carboxylic acid groups (broad SMARTS) is 1. The number of ether oxygens (including phenoxy) is 1. The maximum absolute atomic E-state index is 12.4. The van der Waals surface area contributed by atoms with E-state index >= 15 is 0 Å². The highest BCUT2D eigenvalue weighted by Gasteiger charge is 2.21. The first-order valence-electron chi connectivity index (χ1n) is 6.84. The van der Waals surface area contributed by atoms with E-state index in [0.717, 1.165) is 12.5 Å². The summed E-state index contributed by atoms with van der Waals surface area (Å²) in [4.78, 5) is 28.7. The zero-order valence-electron chi connectivity index (χ0n) is 11.9. The predicted octanol–water partition coefficient (Wildman–Crippen LogP) is 1.43. The van der Waals surface area contributed by atoms with Gasteiger partial charge in [-0.15, -0.1) is 0 Å². The van der Waals surface area contributed by atoms with Gasteiger partial charge in [-0.3, -0.25) is 9.78 Å². The van der Waals surface area contributed by atoms with Crippen LogP contribution in [0.1, 0.15) is 29.4 Å². The third-order valence-electron chi connectivity index (χ3n) is 3.16. The van der Waals surface area contributed by atoms with Gasteiger partial charge in [-0.05, 0) is 31.1 Å². The van der Waals surface area contributed by atoms with Gasteiger partial charge in [-0.2, -0.15) is 0 Å². The van der Waals surface area contributed by atoms with E-state index in [0.29, 0.717) is 31.0 Å². The van der Waals surface area contributed by atoms with Crippen LogP contribution in [0.5, 0.6) is 0 Å². The highest BCUT2D eigenvalue weighted by molar-refractivity contribution is 5.92.